The number of carboxylic acid groups (broad SMARTS) is 2. The third-order valence-corrected chi connectivity index (χ3v) is 3.33. The van der Waals surface area contributed by atoms with E-state index in [1.54, 1.807) is 6.20 Å². The van der Waals surface area contributed by atoms with Crippen LogP contribution in [0.25, 0.3) is 0 Å². The molecule has 1 unspecified atom stereocenters. The van der Waals surface area contributed by atoms with E-state index in [4.69, 9.17) is 24.5 Å². The number of carboxylic acids is 2. The summed E-state index contributed by atoms with van der Waals surface area (Å²) in [7, 11) is 0. The number of fused-ring (bicyclic) bond motifs is 1. The highest BCUT2D eigenvalue weighted by atomic mass is 19.4. The number of nitrogens with one attached hydrogen (secondary N) is 1. The molecule has 0 amide bonds. The first-order valence-corrected chi connectivity index (χ1v) is 8.19. The molecule has 3 heterocycles. The number of carbonyl (C=O) groups is 2. The number of aromatic nitrogens is 3. The van der Waals surface area contributed by atoms with Gasteiger partial charge in [0.1, 0.15) is 6.61 Å². The topological polar surface area (TPSA) is 127 Å². The quantitative estimate of drug-likeness (QED) is 0.598. The first kappa shape index (κ1) is 25.7. The maximum Gasteiger partial charge on any atom is 0.490 e. The van der Waals surface area contributed by atoms with Crippen molar-refractivity contribution in [1.29, 1.82) is 0 Å². The Morgan fingerprint density at radius 3 is 2.13 bits per heavy atom. The number of aliphatic carboxylic acids is 2. The number of nitrogens with zero attached hydrogens (tertiary/aromatic N) is 3. The van der Waals surface area contributed by atoms with Crippen LogP contribution in [0.3, 0.4) is 0 Å². The highest BCUT2D eigenvalue weighted by Gasteiger charge is 2.38. The van der Waals surface area contributed by atoms with Crippen molar-refractivity contribution >= 4 is 11.9 Å². The van der Waals surface area contributed by atoms with Crippen LogP contribution in [0.1, 0.15) is 11.7 Å². The molecule has 0 saturated carbocycles. The maximum atomic E-state index is 10.6. The number of rotatable bonds is 3. The molecule has 172 valence electrons. The van der Waals surface area contributed by atoms with Gasteiger partial charge in [-0.15, -0.1) is 0 Å². The highest BCUT2D eigenvalue weighted by Crippen LogP contribution is 2.16. The van der Waals surface area contributed by atoms with Gasteiger partial charge in [0.2, 0.25) is 5.88 Å². The smallest absolute Gasteiger partial charge is 0.475 e. The zero-order chi connectivity index (χ0) is 23.7. The van der Waals surface area contributed by atoms with Gasteiger partial charge in [0, 0.05) is 31.5 Å². The molecular formula is C16H16F6N4O5. The largest absolute Gasteiger partial charge is 0.490 e. The normalized spacial score (nSPS) is 15.4. The van der Waals surface area contributed by atoms with Gasteiger partial charge in [-0.1, -0.05) is 6.07 Å². The fourth-order valence-corrected chi connectivity index (χ4v) is 2.01. The van der Waals surface area contributed by atoms with Gasteiger partial charge < -0.3 is 20.3 Å². The molecule has 0 saturated heterocycles. The van der Waals surface area contributed by atoms with E-state index in [2.05, 4.69) is 15.4 Å². The van der Waals surface area contributed by atoms with Gasteiger partial charge in [-0.2, -0.15) is 31.4 Å². The van der Waals surface area contributed by atoms with Crippen LogP contribution in [-0.4, -0.2) is 62.4 Å². The molecule has 0 radical (unpaired) electrons. The molecule has 3 rings (SSSR count). The Morgan fingerprint density at radius 2 is 1.65 bits per heavy atom. The minimum atomic E-state index is -5.08. The fourth-order valence-electron chi connectivity index (χ4n) is 2.01. The van der Waals surface area contributed by atoms with Gasteiger partial charge in [-0.25, -0.2) is 14.6 Å². The van der Waals surface area contributed by atoms with E-state index in [0.717, 1.165) is 13.1 Å². The first-order chi connectivity index (χ1) is 14.3. The van der Waals surface area contributed by atoms with Crippen LogP contribution >= 0.6 is 0 Å². The molecule has 0 aliphatic carbocycles. The molecule has 0 spiro atoms. The summed E-state index contributed by atoms with van der Waals surface area (Å²) < 4.78 is 71.2. The van der Waals surface area contributed by atoms with Crippen molar-refractivity contribution in [1.82, 2.24) is 20.1 Å². The molecule has 0 fully saturated rings. The van der Waals surface area contributed by atoms with Gasteiger partial charge in [0.05, 0.1) is 11.7 Å². The lowest BCUT2D eigenvalue weighted by Crippen LogP contribution is -2.36. The number of halogens is 6. The fraction of sp³-hybridized carbons (Fsp3) is 0.375. The second kappa shape index (κ2) is 11.1. The maximum absolute atomic E-state index is 10.6. The molecule has 9 nitrogen and oxygen atoms in total. The molecule has 31 heavy (non-hydrogen) atoms. The van der Waals surface area contributed by atoms with E-state index in [1.807, 2.05) is 35.1 Å². The van der Waals surface area contributed by atoms with Gasteiger partial charge in [-0.3, -0.25) is 4.68 Å². The van der Waals surface area contributed by atoms with Crippen LogP contribution in [0, 0.1) is 0 Å². The minimum absolute atomic E-state index is 0.232. The molecule has 1 aliphatic rings. The van der Waals surface area contributed by atoms with Crippen molar-refractivity contribution in [3.8, 4) is 5.88 Å². The Balaban J connectivity index is 0.000000288. The Labute approximate surface area is 170 Å². The molecule has 15 heteroatoms. The van der Waals surface area contributed by atoms with Crippen molar-refractivity contribution in [2.45, 2.75) is 24.9 Å². The van der Waals surface area contributed by atoms with Gasteiger partial charge in [-0.05, 0) is 12.1 Å². The predicted molar refractivity (Wildman–Crippen MR) is 90.1 cm³/mol. The Hall–Kier alpha value is -3.36. The minimum Gasteiger partial charge on any atom is -0.475 e. The van der Waals surface area contributed by atoms with Crippen LogP contribution in [0.15, 0.2) is 36.7 Å². The SMILES string of the molecule is O=C(O)C(F)(F)F.O=C(O)C(F)(F)F.c1ccc(OCC2CNCc3ccnn32)nc1. The molecular weight excluding hydrogens is 442 g/mol. The number of hydrogen-bond acceptors (Lipinski definition) is 6. The van der Waals surface area contributed by atoms with E-state index in [9.17, 15) is 26.3 Å². The Bertz CT molecular complexity index is 817. The standard InChI is InChI=1S/C12H14N4O.2C2HF3O2/c1-2-5-14-12(3-1)17-9-11-8-13-7-10-4-6-15-16(10)11;2*3-2(4,5)1(6)7/h1-6,11,13H,7-9H2;2*(H,6,7). The van der Waals surface area contributed by atoms with E-state index in [1.165, 1.54) is 5.69 Å². The summed E-state index contributed by atoms with van der Waals surface area (Å²) in [4.78, 5) is 21.9. The Kier molecular flexibility index (Phi) is 9.23. The van der Waals surface area contributed by atoms with Gasteiger partial charge in [0.15, 0.2) is 0 Å². The summed E-state index contributed by atoms with van der Waals surface area (Å²) in [5.41, 5.74) is 1.20. The lowest BCUT2D eigenvalue weighted by atomic mass is 10.2. The third-order valence-electron chi connectivity index (χ3n) is 3.33. The van der Waals surface area contributed by atoms with Gasteiger partial charge in [0.25, 0.3) is 0 Å². The predicted octanol–water partition coefficient (Wildman–Crippen LogP) is 2.27. The van der Waals surface area contributed by atoms with E-state index >= 15 is 0 Å². The van der Waals surface area contributed by atoms with Crippen molar-refractivity contribution < 1.29 is 50.9 Å². The average molecular weight is 458 g/mol. The molecule has 0 aromatic carbocycles. The summed E-state index contributed by atoms with van der Waals surface area (Å²) in [6, 6.07) is 7.91. The second-order valence-corrected chi connectivity index (χ2v) is 5.64. The van der Waals surface area contributed by atoms with Crippen molar-refractivity contribution in [2.24, 2.45) is 0 Å². The second-order valence-electron chi connectivity index (χ2n) is 5.64. The number of alkyl halides is 6. The van der Waals surface area contributed by atoms with Gasteiger partial charge >= 0.3 is 24.3 Å². The van der Waals surface area contributed by atoms with Crippen LogP contribution in [-0.2, 0) is 16.1 Å². The van der Waals surface area contributed by atoms with Crippen molar-refractivity contribution in [3.05, 3.63) is 42.4 Å². The third kappa shape index (κ3) is 9.33. The number of ether oxygens (including phenoxy) is 1. The lowest BCUT2D eigenvalue weighted by molar-refractivity contribution is -0.193. The van der Waals surface area contributed by atoms with Crippen LogP contribution in [0.4, 0.5) is 26.3 Å². The van der Waals surface area contributed by atoms with E-state index in [0.29, 0.717) is 12.5 Å². The first-order valence-electron chi connectivity index (χ1n) is 8.19. The lowest BCUT2D eigenvalue weighted by Gasteiger charge is -2.25. The van der Waals surface area contributed by atoms with Crippen LogP contribution < -0.4 is 10.1 Å². The summed E-state index contributed by atoms with van der Waals surface area (Å²) in [6.07, 6.45) is -6.61. The summed E-state index contributed by atoms with van der Waals surface area (Å²) in [5.74, 6) is -4.85. The van der Waals surface area contributed by atoms with E-state index in [-0.39, 0.29) is 6.04 Å². The number of pyridine rings is 1. The Morgan fingerprint density at radius 1 is 1.06 bits per heavy atom. The highest BCUT2D eigenvalue weighted by molar-refractivity contribution is 5.73. The molecule has 1 atom stereocenters. The number of hydrogen-bond donors (Lipinski definition) is 3. The zero-order valence-corrected chi connectivity index (χ0v) is 15.4. The van der Waals surface area contributed by atoms with Crippen LogP contribution in [0.2, 0.25) is 0 Å². The molecule has 3 N–H and O–H groups in total. The summed E-state index contributed by atoms with van der Waals surface area (Å²) >= 11 is 0. The molecule has 2 aromatic heterocycles. The zero-order valence-electron chi connectivity index (χ0n) is 15.4. The molecule has 2 aromatic rings. The van der Waals surface area contributed by atoms with E-state index < -0.39 is 24.3 Å². The summed E-state index contributed by atoms with van der Waals surface area (Å²) in [5, 5.41) is 21.9. The summed E-state index contributed by atoms with van der Waals surface area (Å²) in [6.45, 7) is 2.33. The van der Waals surface area contributed by atoms with Crippen LogP contribution in [0.5, 0.6) is 5.88 Å². The average Bonchev–Trinajstić information content (AvgIpc) is 3.16. The van der Waals surface area contributed by atoms with Crippen molar-refractivity contribution in [3.63, 3.8) is 0 Å². The van der Waals surface area contributed by atoms with Crippen molar-refractivity contribution in [2.75, 3.05) is 13.2 Å². The molecule has 1 aliphatic heterocycles. The molecule has 0 bridgehead atoms. The monoisotopic (exact) mass is 458 g/mol.